The van der Waals surface area contributed by atoms with Crippen LogP contribution in [0.5, 0.6) is 5.75 Å². The molecule has 0 aliphatic carbocycles. The van der Waals surface area contributed by atoms with Gasteiger partial charge in [0.15, 0.2) is 11.6 Å². The summed E-state index contributed by atoms with van der Waals surface area (Å²) < 4.78 is 5.79. The zero-order chi connectivity index (χ0) is 22.2. The Morgan fingerprint density at radius 1 is 0.969 bits per heavy atom. The van der Waals surface area contributed by atoms with Crippen LogP contribution in [0.3, 0.4) is 0 Å². The van der Waals surface area contributed by atoms with Crippen LogP contribution in [0.1, 0.15) is 30.4 Å². The van der Waals surface area contributed by atoms with Crippen LogP contribution in [0, 0.1) is 0 Å². The average Bonchev–Trinajstić information content (AvgIpc) is 3.34. The topological polar surface area (TPSA) is 96.8 Å². The van der Waals surface area contributed by atoms with Crippen LogP contribution in [-0.2, 0) is 16.2 Å². The third-order valence-corrected chi connectivity index (χ3v) is 4.93. The number of nitrogens with zero attached hydrogens (tertiary/aromatic N) is 4. The molecule has 1 N–H and O–H groups in total. The van der Waals surface area contributed by atoms with Crippen molar-refractivity contribution in [2.24, 2.45) is 5.10 Å². The molecule has 2 aromatic heterocycles. The van der Waals surface area contributed by atoms with Gasteiger partial charge in [-0.15, -0.1) is 0 Å². The van der Waals surface area contributed by atoms with E-state index in [1.54, 1.807) is 30.7 Å². The number of ether oxygens (including phenoxy) is 1. The lowest BCUT2D eigenvalue weighted by molar-refractivity contribution is -0.132. The fraction of sp³-hybridized carbons (Fsp3) is 0.208. The van der Waals surface area contributed by atoms with E-state index in [2.05, 4.69) is 20.4 Å². The molecule has 3 aromatic rings. The van der Waals surface area contributed by atoms with E-state index < -0.39 is 0 Å². The van der Waals surface area contributed by atoms with Crippen molar-refractivity contribution in [2.45, 2.75) is 25.9 Å². The zero-order valence-electron chi connectivity index (χ0n) is 17.5. The molecule has 2 amide bonds. The van der Waals surface area contributed by atoms with E-state index in [0.29, 0.717) is 31.1 Å². The monoisotopic (exact) mass is 429 g/mol. The minimum atomic E-state index is -0.308. The second kappa shape index (κ2) is 10.3. The van der Waals surface area contributed by atoms with Crippen LogP contribution >= 0.6 is 0 Å². The van der Waals surface area contributed by atoms with Crippen molar-refractivity contribution in [3.05, 3.63) is 84.3 Å². The lowest BCUT2D eigenvalue weighted by atomic mass is 10.1. The molecule has 1 aliphatic heterocycles. The summed E-state index contributed by atoms with van der Waals surface area (Å²) in [6.45, 7) is 0.851. The Balaban J connectivity index is 1.29. The molecule has 8 nitrogen and oxygen atoms in total. The van der Waals surface area contributed by atoms with Gasteiger partial charge < -0.3 is 10.1 Å². The molecule has 0 spiro atoms. The van der Waals surface area contributed by atoms with Crippen molar-refractivity contribution in [1.29, 1.82) is 0 Å². The number of aromatic nitrogens is 2. The summed E-state index contributed by atoms with van der Waals surface area (Å²) >= 11 is 0. The number of benzene rings is 1. The Morgan fingerprint density at radius 3 is 2.59 bits per heavy atom. The third kappa shape index (κ3) is 5.54. The van der Waals surface area contributed by atoms with Gasteiger partial charge >= 0.3 is 0 Å². The van der Waals surface area contributed by atoms with E-state index in [-0.39, 0.29) is 24.7 Å². The Labute approximate surface area is 186 Å². The molecule has 1 aromatic carbocycles. The molecule has 0 saturated carbocycles. The van der Waals surface area contributed by atoms with Gasteiger partial charge in [-0.05, 0) is 35.4 Å². The SMILES string of the molecule is O=C(CCC(=O)N1CCC(c2ccccc2)=N1)Nc1ncccc1OCc1ccncc1. The quantitative estimate of drug-likeness (QED) is 0.592. The van der Waals surface area contributed by atoms with Crippen LogP contribution in [0.25, 0.3) is 0 Å². The molecule has 0 saturated heterocycles. The third-order valence-electron chi connectivity index (χ3n) is 4.93. The molecule has 0 unspecified atom stereocenters. The number of anilines is 1. The Morgan fingerprint density at radius 2 is 1.78 bits per heavy atom. The van der Waals surface area contributed by atoms with Gasteiger partial charge in [-0.25, -0.2) is 9.99 Å². The van der Waals surface area contributed by atoms with Crippen molar-refractivity contribution in [2.75, 3.05) is 11.9 Å². The summed E-state index contributed by atoms with van der Waals surface area (Å²) in [5.74, 6) is 0.295. The van der Waals surface area contributed by atoms with E-state index in [1.807, 2.05) is 42.5 Å². The van der Waals surface area contributed by atoms with Crippen LogP contribution in [-0.4, -0.2) is 39.0 Å². The lowest BCUT2D eigenvalue weighted by Crippen LogP contribution is -2.25. The molecule has 1 aliphatic rings. The maximum atomic E-state index is 12.5. The molecule has 162 valence electrons. The summed E-state index contributed by atoms with van der Waals surface area (Å²) in [6.07, 6.45) is 5.76. The highest BCUT2D eigenvalue weighted by molar-refractivity contribution is 6.02. The molecule has 4 rings (SSSR count). The average molecular weight is 429 g/mol. The van der Waals surface area contributed by atoms with E-state index >= 15 is 0 Å². The maximum Gasteiger partial charge on any atom is 0.243 e. The molecule has 0 fully saturated rings. The van der Waals surface area contributed by atoms with E-state index in [0.717, 1.165) is 16.8 Å². The molecular formula is C24H23N5O3. The number of nitrogens with one attached hydrogen (secondary N) is 1. The number of amides is 2. The number of hydrazone groups is 1. The van der Waals surface area contributed by atoms with Crippen molar-refractivity contribution in [3.8, 4) is 5.75 Å². The maximum absolute atomic E-state index is 12.5. The first-order chi connectivity index (χ1) is 15.7. The van der Waals surface area contributed by atoms with Gasteiger partial charge in [-0.3, -0.25) is 14.6 Å². The molecule has 32 heavy (non-hydrogen) atoms. The minimum absolute atomic E-state index is 0.0336. The van der Waals surface area contributed by atoms with Crippen molar-refractivity contribution < 1.29 is 14.3 Å². The summed E-state index contributed by atoms with van der Waals surface area (Å²) in [5, 5.41) is 8.60. The first-order valence-electron chi connectivity index (χ1n) is 10.4. The zero-order valence-corrected chi connectivity index (χ0v) is 17.5. The predicted octanol–water partition coefficient (Wildman–Crippen LogP) is 3.41. The van der Waals surface area contributed by atoms with Crippen LogP contribution in [0.4, 0.5) is 5.82 Å². The van der Waals surface area contributed by atoms with Crippen LogP contribution in [0.2, 0.25) is 0 Å². The number of carbonyl (C=O) groups excluding carboxylic acids is 2. The van der Waals surface area contributed by atoms with E-state index in [4.69, 9.17) is 4.74 Å². The minimum Gasteiger partial charge on any atom is -0.485 e. The van der Waals surface area contributed by atoms with E-state index in [9.17, 15) is 9.59 Å². The summed E-state index contributed by atoms with van der Waals surface area (Å²) in [6, 6.07) is 16.9. The van der Waals surface area contributed by atoms with Crippen molar-refractivity contribution in [3.63, 3.8) is 0 Å². The standard InChI is InChI=1S/C24H23N5O3/c30-22(8-9-23(31)29-16-12-20(28-29)19-5-2-1-3-6-19)27-24-21(7-4-13-26-24)32-17-18-10-14-25-15-11-18/h1-7,10-11,13-15H,8-9,12,16-17H2,(H,26,27,30). The predicted molar refractivity (Wildman–Crippen MR) is 120 cm³/mol. The van der Waals surface area contributed by atoms with Gasteiger partial charge in [0.25, 0.3) is 0 Å². The number of hydrogen-bond acceptors (Lipinski definition) is 6. The van der Waals surface area contributed by atoms with Gasteiger partial charge in [0, 0.05) is 37.9 Å². The fourth-order valence-electron chi connectivity index (χ4n) is 3.26. The summed E-state index contributed by atoms with van der Waals surface area (Å²) in [7, 11) is 0. The highest BCUT2D eigenvalue weighted by Gasteiger charge is 2.22. The molecular weight excluding hydrogens is 406 g/mol. The van der Waals surface area contributed by atoms with Crippen LogP contribution in [0.15, 0.2) is 78.3 Å². The number of carbonyl (C=O) groups is 2. The highest BCUT2D eigenvalue weighted by atomic mass is 16.5. The molecule has 8 heteroatoms. The second-order valence-electron chi connectivity index (χ2n) is 7.22. The van der Waals surface area contributed by atoms with Gasteiger partial charge in [-0.1, -0.05) is 30.3 Å². The Hall–Kier alpha value is -4.07. The fourth-order valence-corrected chi connectivity index (χ4v) is 3.26. The first kappa shape index (κ1) is 21.2. The Bertz CT molecular complexity index is 1100. The van der Waals surface area contributed by atoms with Crippen molar-refractivity contribution in [1.82, 2.24) is 15.0 Å². The molecule has 3 heterocycles. The largest absolute Gasteiger partial charge is 0.485 e. The normalized spacial score (nSPS) is 12.9. The number of pyridine rings is 2. The second-order valence-corrected chi connectivity index (χ2v) is 7.22. The van der Waals surface area contributed by atoms with Crippen molar-refractivity contribution >= 4 is 23.3 Å². The van der Waals surface area contributed by atoms with Gasteiger partial charge in [0.05, 0.1) is 12.3 Å². The molecule has 0 atom stereocenters. The Kier molecular flexibility index (Phi) is 6.81. The molecule has 0 radical (unpaired) electrons. The van der Waals surface area contributed by atoms with Crippen LogP contribution < -0.4 is 10.1 Å². The van der Waals surface area contributed by atoms with Gasteiger partial charge in [0.1, 0.15) is 6.61 Å². The first-order valence-corrected chi connectivity index (χ1v) is 10.4. The number of rotatable bonds is 8. The number of hydrogen-bond donors (Lipinski definition) is 1. The summed E-state index contributed by atoms with van der Waals surface area (Å²) in [4.78, 5) is 33.1. The van der Waals surface area contributed by atoms with Gasteiger partial charge in [-0.2, -0.15) is 5.10 Å². The van der Waals surface area contributed by atoms with Gasteiger partial charge in [0.2, 0.25) is 11.8 Å². The molecule has 0 bridgehead atoms. The van der Waals surface area contributed by atoms with E-state index in [1.165, 1.54) is 5.01 Å². The lowest BCUT2D eigenvalue weighted by Gasteiger charge is -2.13. The summed E-state index contributed by atoms with van der Waals surface area (Å²) in [5.41, 5.74) is 2.84. The smallest absolute Gasteiger partial charge is 0.243 e. The highest BCUT2D eigenvalue weighted by Crippen LogP contribution is 2.22.